The van der Waals surface area contributed by atoms with Crippen LogP contribution in [0.4, 0.5) is 0 Å². The molecule has 6 rings (SSSR count). The zero-order valence-corrected chi connectivity index (χ0v) is 18.1. The molecular weight excluding hydrogens is 388 g/mol. The molecular formula is C27H26O4. The first-order valence-electron chi connectivity index (χ1n) is 10.8. The molecule has 4 nitrogen and oxygen atoms in total. The van der Waals surface area contributed by atoms with Crippen molar-refractivity contribution < 1.29 is 19.0 Å². The zero-order valence-electron chi connectivity index (χ0n) is 18.1. The van der Waals surface area contributed by atoms with E-state index in [1.807, 2.05) is 19.1 Å². The smallest absolute Gasteiger partial charge is 0.305 e. The van der Waals surface area contributed by atoms with Crippen molar-refractivity contribution in [2.24, 2.45) is 0 Å². The van der Waals surface area contributed by atoms with E-state index in [2.05, 4.69) is 48.5 Å². The van der Waals surface area contributed by atoms with E-state index in [0.717, 1.165) is 22.6 Å². The predicted octanol–water partition coefficient (Wildman–Crippen LogP) is 5.19. The van der Waals surface area contributed by atoms with Crippen LogP contribution in [0.5, 0.6) is 11.5 Å². The summed E-state index contributed by atoms with van der Waals surface area (Å²) in [7, 11) is 3.43. The molecule has 3 aromatic rings. The summed E-state index contributed by atoms with van der Waals surface area (Å²) in [6.07, 6.45) is 0.921. The molecule has 0 saturated carbocycles. The fourth-order valence-corrected chi connectivity index (χ4v) is 5.74. The van der Waals surface area contributed by atoms with Crippen LogP contribution < -0.4 is 9.47 Å². The lowest BCUT2D eigenvalue weighted by molar-refractivity contribution is -0.143. The average molecular weight is 415 g/mol. The van der Waals surface area contributed by atoms with Crippen molar-refractivity contribution in [1.82, 2.24) is 0 Å². The van der Waals surface area contributed by atoms with Crippen molar-refractivity contribution in [3.05, 3.63) is 94.0 Å². The highest BCUT2D eigenvalue weighted by molar-refractivity contribution is 5.78. The molecule has 0 N–H and O–H groups in total. The second-order valence-electron chi connectivity index (χ2n) is 8.08. The summed E-state index contributed by atoms with van der Waals surface area (Å²) in [5.74, 6) is 1.57. The molecule has 0 fully saturated rings. The van der Waals surface area contributed by atoms with Crippen LogP contribution in [0, 0.1) is 0 Å². The van der Waals surface area contributed by atoms with Crippen LogP contribution in [0.25, 0.3) is 0 Å². The SMILES string of the molecule is CCOC(=O)CCC12c3ccccc3C(c3ccccc31)c1c(OC)ccc(OC)c12. The maximum atomic E-state index is 12.5. The predicted molar refractivity (Wildman–Crippen MR) is 119 cm³/mol. The van der Waals surface area contributed by atoms with Crippen molar-refractivity contribution in [1.29, 1.82) is 0 Å². The lowest BCUT2D eigenvalue weighted by Gasteiger charge is -2.51. The van der Waals surface area contributed by atoms with E-state index in [1.54, 1.807) is 14.2 Å². The molecule has 3 aliphatic rings. The second kappa shape index (κ2) is 7.45. The average Bonchev–Trinajstić information content (AvgIpc) is 2.82. The molecule has 31 heavy (non-hydrogen) atoms. The molecule has 0 aromatic heterocycles. The Kier molecular flexibility index (Phi) is 4.73. The number of hydrogen-bond acceptors (Lipinski definition) is 4. The third kappa shape index (κ3) is 2.64. The number of carbonyl (C=O) groups excluding carboxylic acids is 1. The van der Waals surface area contributed by atoms with Gasteiger partial charge in [0.25, 0.3) is 0 Å². The Labute approximate surface area is 182 Å². The zero-order chi connectivity index (χ0) is 21.6. The summed E-state index contributed by atoms with van der Waals surface area (Å²) in [5.41, 5.74) is 6.76. The molecule has 0 heterocycles. The van der Waals surface area contributed by atoms with E-state index in [9.17, 15) is 4.79 Å². The fourth-order valence-electron chi connectivity index (χ4n) is 5.74. The largest absolute Gasteiger partial charge is 0.496 e. The minimum absolute atomic E-state index is 0.0666. The van der Waals surface area contributed by atoms with Crippen molar-refractivity contribution in [2.75, 3.05) is 20.8 Å². The molecule has 3 aromatic carbocycles. The van der Waals surface area contributed by atoms with Crippen molar-refractivity contribution >= 4 is 5.97 Å². The van der Waals surface area contributed by atoms with Gasteiger partial charge in [-0.3, -0.25) is 4.79 Å². The minimum Gasteiger partial charge on any atom is -0.496 e. The summed E-state index contributed by atoms with van der Waals surface area (Å²) < 4.78 is 17.1. The normalized spacial score (nSPS) is 19.8. The maximum Gasteiger partial charge on any atom is 0.305 e. The Morgan fingerprint density at radius 2 is 1.45 bits per heavy atom. The summed E-state index contributed by atoms with van der Waals surface area (Å²) in [5, 5.41) is 0. The van der Waals surface area contributed by atoms with Gasteiger partial charge < -0.3 is 14.2 Å². The number of rotatable bonds is 6. The van der Waals surface area contributed by atoms with Gasteiger partial charge in [0, 0.05) is 23.5 Å². The molecule has 0 spiro atoms. The molecule has 4 heteroatoms. The molecule has 158 valence electrons. The molecule has 0 saturated heterocycles. The van der Waals surface area contributed by atoms with E-state index >= 15 is 0 Å². The standard InChI is InChI=1S/C27H26O4/c1-4-31-23(28)15-16-27-19-11-7-5-9-17(19)24(18-10-6-8-12-20(18)27)25-21(29-2)13-14-22(30-3)26(25)27/h5-14,24H,4,15-16H2,1-3H3. The molecule has 0 aliphatic heterocycles. The van der Waals surface area contributed by atoms with Crippen LogP contribution in [0.3, 0.4) is 0 Å². The Hall–Kier alpha value is -3.27. The molecule has 2 bridgehead atoms. The van der Waals surface area contributed by atoms with Crippen LogP contribution >= 0.6 is 0 Å². The Bertz CT molecular complexity index is 1120. The number of benzene rings is 3. The lowest BCUT2D eigenvalue weighted by Crippen LogP contribution is -2.43. The van der Waals surface area contributed by atoms with Gasteiger partial charge in [-0.25, -0.2) is 0 Å². The van der Waals surface area contributed by atoms with Crippen LogP contribution in [-0.4, -0.2) is 26.8 Å². The first-order chi connectivity index (χ1) is 15.2. The topological polar surface area (TPSA) is 44.8 Å². The minimum atomic E-state index is -0.510. The van der Waals surface area contributed by atoms with E-state index in [1.165, 1.54) is 22.3 Å². The van der Waals surface area contributed by atoms with E-state index in [0.29, 0.717) is 19.4 Å². The molecule has 3 aliphatic carbocycles. The summed E-state index contributed by atoms with van der Waals surface area (Å²) in [4.78, 5) is 12.5. The number of ether oxygens (including phenoxy) is 3. The van der Waals surface area contributed by atoms with Gasteiger partial charge in [0.15, 0.2) is 0 Å². The third-order valence-corrected chi connectivity index (χ3v) is 6.80. The van der Waals surface area contributed by atoms with Crippen molar-refractivity contribution in [3.63, 3.8) is 0 Å². The number of methoxy groups -OCH3 is 2. The van der Waals surface area contributed by atoms with Gasteiger partial charge in [0.1, 0.15) is 11.5 Å². The summed E-state index contributed by atoms with van der Waals surface area (Å²) in [6, 6.07) is 21.1. The second-order valence-corrected chi connectivity index (χ2v) is 8.08. The summed E-state index contributed by atoms with van der Waals surface area (Å²) in [6.45, 7) is 2.23. The van der Waals surface area contributed by atoms with Crippen LogP contribution in [0.1, 0.15) is 59.1 Å². The van der Waals surface area contributed by atoms with Crippen LogP contribution in [0.15, 0.2) is 60.7 Å². The first-order valence-corrected chi connectivity index (χ1v) is 10.8. The Balaban J connectivity index is 1.86. The molecule has 0 radical (unpaired) electrons. The highest BCUT2D eigenvalue weighted by Crippen LogP contribution is 2.64. The molecule has 0 amide bonds. The Morgan fingerprint density at radius 1 is 0.871 bits per heavy atom. The quantitative estimate of drug-likeness (QED) is 0.521. The van der Waals surface area contributed by atoms with E-state index < -0.39 is 5.41 Å². The van der Waals surface area contributed by atoms with Gasteiger partial charge in [0.2, 0.25) is 0 Å². The van der Waals surface area contributed by atoms with Gasteiger partial charge in [-0.05, 0) is 47.7 Å². The maximum absolute atomic E-state index is 12.5. The van der Waals surface area contributed by atoms with Gasteiger partial charge in [-0.2, -0.15) is 0 Å². The third-order valence-electron chi connectivity index (χ3n) is 6.80. The van der Waals surface area contributed by atoms with Crippen molar-refractivity contribution in [3.8, 4) is 11.5 Å². The van der Waals surface area contributed by atoms with Crippen LogP contribution in [-0.2, 0) is 14.9 Å². The van der Waals surface area contributed by atoms with E-state index in [4.69, 9.17) is 14.2 Å². The van der Waals surface area contributed by atoms with Gasteiger partial charge in [-0.1, -0.05) is 48.5 Å². The fraction of sp³-hybridized carbons (Fsp3) is 0.296. The first kappa shape index (κ1) is 19.7. The monoisotopic (exact) mass is 414 g/mol. The number of carbonyl (C=O) groups is 1. The molecule has 0 atom stereocenters. The van der Waals surface area contributed by atoms with Gasteiger partial charge >= 0.3 is 5.97 Å². The Morgan fingerprint density at radius 3 is 2.03 bits per heavy atom. The van der Waals surface area contributed by atoms with Gasteiger partial charge in [0.05, 0.1) is 26.2 Å². The number of esters is 1. The molecule has 0 unspecified atom stereocenters. The highest BCUT2D eigenvalue weighted by atomic mass is 16.5. The van der Waals surface area contributed by atoms with Crippen molar-refractivity contribution in [2.45, 2.75) is 31.1 Å². The van der Waals surface area contributed by atoms with Gasteiger partial charge in [-0.15, -0.1) is 0 Å². The number of hydrogen-bond donors (Lipinski definition) is 0. The summed E-state index contributed by atoms with van der Waals surface area (Å²) >= 11 is 0. The highest BCUT2D eigenvalue weighted by Gasteiger charge is 2.54. The lowest BCUT2D eigenvalue weighted by atomic mass is 9.51. The van der Waals surface area contributed by atoms with Crippen LogP contribution in [0.2, 0.25) is 0 Å². The van der Waals surface area contributed by atoms with E-state index in [-0.39, 0.29) is 11.9 Å².